The number of benzene rings is 1. The summed E-state index contributed by atoms with van der Waals surface area (Å²) in [5.41, 5.74) is 3.54. The molecule has 3 aliphatic rings. The number of aryl methyl sites for hydroxylation is 1. The van der Waals surface area contributed by atoms with Crippen LogP contribution < -0.4 is 14.5 Å². The molecule has 1 spiro atoms. The van der Waals surface area contributed by atoms with Gasteiger partial charge in [-0.25, -0.2) is 13.4 Å². The van der Waals surface area contributed by atoms with Crippen molar-refractivity contribution in [3.63, 3.8) is 0 Å². The molecular weight excluding hydrogens is 585 g/mol. The van der Waals surface area contributed by atoms with Crippen LogP contribution in [0.1, 0.15) is 44.2 Å². The Bertz CT molecular complexity index is 1570. The lowest BCUT2D eigenvalue weighted by atomic mass is 9.93. The molecule has 0 bridgehead atoms. The van der Waals surface area contributed by atoms with Crippen molar-refractivity contribution < 1.29 is 31.1 Å². The van der Waals surface area contributed by atoms with Gasteiger partial charge in [0.15, 0.2) is 0 Å². The summed E-state index contributed by atoms with van der Waals surface area (Å²) >= 11 is 0. The Morgan fingerprint density at radius 3 is 2.35 bits per heavy atom. The maximum absolute atomic E-state index is 13.2. The Labute approximate surface area is 248 Å². The van der Waals surface area contributed by atoms with Crippen LogP contribution in [0.3, 0.4) is 0 Å². The quantitative estimate of drug-likeness (QED) is 0.358. The highest BCUT2D eigenvalue weighted by atomic mass is 32.2. The van der Waals surface area contributed by atoms with Gasteiger partial charge in [-0.05, 0) is 81.2 Å². The molecule has 14 heteroatoms. The van der Waals surface area contributed by atoms with E-state index in [1.807, 2.05) is 11.8 Å². The van der Waals surface area contributed by atoms with Crippen LogP contribution in [0, 0.1) is 18.3 Å². The van der Waals surface area contributed by atoms with Crippen LogP contribution in [0.25, 0.3) is 22.9 Å². The average molecular weight is 621 g/mol. The van der Waals surface area contributed by atoms with Crippen LogP contribution in [0.4, 0.5) is 30.4 Å². The molecule has 6 rings (SSSR count). The van der Waals surface area contributed by atoms with Crippen LogP contribution in [0.15, 0.2) is 34.7 Å². The molecule has 2 saturated heterocycles. The van der Waals surface area contributed by atoms with Gasteiger partial charge in [-0.1, -0.05) is 0 Å². The van der Waals surface area contributed by atoms with Crippen molar-refractivity contribution in [2.24, 2.45) is 11.3 Å². The molecule has 2 aromatic heterocycles. The monoisotopic (exact) mass is 620 g/mol. The van der Waals surface area contributed by atoms with Crippen molar-refractivity contribution in [3.05, 3.63) is 36.0 Å². The number of piperidine rings is 2. The molecule has 10 nitrogen and oxygen atoms in total. The van der Waals surface area contributed by atoms with Gasteiger partial charge in [-0.15, -0.1) is 10.2 Å². The lowest BCUT2D eigenvalue weighted by Gasteiger charge is -2.35. The summed E-state index contributed by atoms with van der Waals surface area (Å²) in [6, 6.07) is 8.70. The largest absolute Gasteiger partial charge is 0.416 e. The number of halogens is 3. The first-order chi connectivity index (χ1) is 20.4. The molecule has 2 aliphatic heterocycles. The number of aliphatic hydroxyl groups is 1. The Balaban J connectivity index is 1.27. The highest BCUT2D eigenvalue weighted by Crippen LogP contribution is 2.54. The minimum atomic E-state index is -4.19. The first-order valence-corrected chi connectivity index (χ1v) is 16.2. The first-order valence-electron chi connectivity index (χ1n) is 14.6. The van der Waals surface area contributed by atoms with Crippen molar-refractivity contribution in [2.75, 3.05) is 53.1 Å². The van der Waals surface area contributed by atoms with Gasteiger partial charge in [0.1, 0.15) is 5.82 Å². The number of alkyl halides is 3. The highest BCUT2D eigenvalue weighted by Gasteiger charge is 2.45. The third-order valence-corrected chi connectivity index (χ3v) is 10.1. The molecule has 43 heavy (non-hydrogen) atoms. The smallest absolute Gasteiger partial charge is 0.391 e. The third kappa shape index (κ3) is 6.59. The fourth-order valence-electron chi connectivity index (χ4n) is 6.11. The number of pyridine rings is 1. The molecule has 0 amide bonds. The zero-order valence-corrected chi connectivity index (χ0v) is 24.7. The van der Waals surface area contributed by atoms with Gasteiger partial charge in [0.25, 0.3) is 0 Å². The van der Waals surface area contributed by atoms with Crippen molar-refractivity contribution in [2.45, 2.75) is 51.6 Å². The van der Waals surface area contributed by atoms with Gasteiger partial charge >= 0.3 is 6.18 Å². The summed E-state index contributed by atoms with van der Waals surface area (Å²) in [5, 5.41) is 17.7. The lowest BCUT2D eigenvalue weighted by Crippen LogP contribution is -2.39. The van der Waals surface area contributed by atoms with Crippen LogP contribution in [0.5, 0.6) is 0 Å². The van der Waals surface area contributed by atoms with Gasteiger partial charge in [-0.2, -0.15) is 13.2 Å². The lowest BCUT2D eigenvalue weighted by molar-refractivity contribution is -0.179. The van der Waals surface area contributed by atoms with Crippen molar-refractivity contribution in [3.8, 4) is 22.9 Å². The number of sulfonamides is 1. The SMILES string of the molecule is Cc1cc(-c2nnc(-c3ccc(NS(=O)(=O)CCO)cc3N3CCC4(CC3)CC4)o2)cc(N2CCC(C(F)(F)F)CC2)n1. The predicted molar refractivity (Wildman–Crippen MR) is 156 cm³/mol. The maximum atomic E-state index is 13.2. The van der Waals surface area contributed by atoms with Gasteiger partial charge in [0, 0.05) is 37.4 Å². The maximum Gasteiger partial charge on any atom is 0.391 e. The number of aliphatic hydroxyl groups excluding tert-OH is 1. The second-order valence-electron chi connectivity index (χ2n) is 11.9. The summed E-state index contributed by atoms with van der Waals surface area (Å²) in [6.45, 7) is 3.47. The molecular formula is C29H35F3N6O4S. The molecule has 0 atom stereocenters. The van der Waals surface area contributed by atoms with Crippen molar-refractivity contribution in [1.29, 1.82) is 0 Å². The molecule has 3 aromatic rings. The fraction of sp³-hybridized carbons (Fsp3) is 0.552. The first kappa shape index (κ1) is 29.7. The molecule has 0 radical (unpaired) electrons. The topological polar surface area (TPSA) is 125 Å². The molecule has 2 N–H and O–H groups in total. The Hall–Kier alpha value is -3.39. The summed E-state index contributed by atoms with van der Waals surface area (Å²) < 4.78 is 72.9. The Kier molecular flexibility index (Phi) is 7.78. The number of nitrogens with zero attached hydrogens (tertiary/aromatic N) is 5. The number of nitrogens with one attached hydrogen (secondary N) is 1. The zero-order valence-electron chi connectivity index (χ0n) is 23.9. The van der Waals surface area contributed by atoms with E-state index in [0.29, 0.717) is 33.7 Å². The van der Waals surface area contributed by atoms with E-state index in [9.17, 15) is 21.6 Å². The van der Waals surface area contributed by atoms with Crippen molar-refractivity contribution in [1.82, 2.24) is 15.2 Å². The van der Waals surface area contributed by atoms with E-state index in [2.05, 4.69) is 24.8 Å². The zero-order chi connectivity index (χ0) is 30.4. The standard InChI is InChI=1S/C29H35F3N6O4S/c1-19-16-20(17-25(33-19)38-10-4-21(5-11-38)29(30,31)32)26-34-35-27(42-26)23-3-2-22(36-43(40,41)15-14-39)18-24(23)37-12-8-28(6-7-28)9-13-37/h2-3,16-18,21,36,39H,4-15H2,1H3. The third-order valence-electron chi connectivity index (χ3n) is 8.88. The normalized spacial score (nSPS) is 19.2. The second-order valence-corrected chi connectivity index (χ2v) is 13.8. The van der Waals surface area contributed by atoms with E-state index in [1.165, 1.54) is 12.8 Å². The second kappa shape index (κ2) is 11.3. The highest BCUT2D eigenvalue weighted by molar-refractivity contribution is 7.92. The van der Waals surface area contributed by atoms with E-state index < -0.39 is 34.5 Å². The van der Waals surface area contributed by atoms with Crippen LogP contribution in [-0.4, -0.2) is 73.4 Å². The molecule has 232 valence electrons. The molecule has 0 unspecified atom stereocenters. The summed E-state index contributed by atoms with van der Waals surface area (Å²) in [7, 11) is -3.71. The summed E-state index contributed by atoms with van der Waals surface area (Å²) in [4.78, 5) is 8.62. The predicted octanol–water partition coefficient (Wildman–Crippen LogP) is 5.00. The van der Waals surface area contributed by atoms with Crippen molar-refractivity contribution >= 4 is 27.2 Å². The summed E-state index contributed by atoms with van der Waals surface area (Å²) in [6.07, 6.45) is 0.455. The molecule has 1 aromatic carbocycles. The number of anilines is 3. The van der Waals surface area contributed by atoms with Crippen LogP contribution in [0.2, 0.25) is 0 Å². The Morgan fingerprint density at radius 1 is 1.00 bits per heavy atom. The van der Waals surface area contributed by atoms with E-state index in [-0.39, 0.29) is 37.7 Å². The van der Waals surface area contributed by atoms with E-state index in [1.54, 1.807) is 30.3 Å². The Morgan fingerprint density at radius 2 is 1.70 bits per heavy atom. The molecule has 4 heterocycles. The number of hydrogen-bond donors (Lipinski definition) is 2. The average Bonchev–Trinajstić information content (AvgIpc) is 3.52. The van der Waals surface area contributed by atoms with Gasteiger partial charge < -0.3 is 19.3 Å². The number of aromatic nitrogens is 3. The van der Waals surface area contributed by atoms with E-state index >= 15 is 0 Å². The summed E-state index contributed by atoms with van der Waals surface area (Å²) in [5.74, 6) is -0.619. The fourth-order valence-corrected chi connectivity index (χ4v) is 6.94. The molecule has 3 fully saturated rings. The van der Waals surface area contributed by atoms with E-state index in [4.69, 9.17) is 9.52 Å². The number of rotatable bonds is 8. The van der Waals surface area contributed by atoms with Gasteiger partial charge in [0.05, 0.1) is 35.2 Å². The van der Waals surface area contributed by atoms with Gasteiger partial charge in [0.2, 0.25) is 21.8 Å². The van der Waals surface area contributed by atoms with Crippen LogP contribution >= 0.6 is 0 Å². The van der Waals surface area contributed by atoms with Gasteiger partial charge in [-0.3, -0.25) is 4.72 Å². The van der Waals surface area contributed by atoms with Crippen LogP contribution in [-0.2, 0) is 10.0 Å². The molecule has 1 saturated carbocycles. The minimum Gasteiger partial charge on any atom is -0.416 e. The number of hydrogen-bond acceptors (Lipinski definition) is 9. The minimum absolute atomic E-state index is 0.0196. The molecule has 1 aliphatic carbocycles. The van der Waals surface area contributed by atoms with E-state index in [0.717, 1.165) is 31.6 Å².